The Balaban J connectivity index is 1.83. The van der Waals surface area contributed by atoms with Crippen molar-refractivity contribution in [3.05, 3.63) is 65.2 Å². The van der Waals surface area contributed by atoms with E-state index >= 15 is 0 Å². The molecule has 2 N–H and O–H groups in total. The molecule has 0 spiro atoms. The molecular weight excluding hydrogens is 376 g/mol. The van der Waals surface area contributed by atoms with Gasteiger partial charge in [0.2, 0.25) is 0 Å². The SMILES string of the molecule is COc1ccc(C=[N+]2C=C(O)NC2=O)cc1-c1ccc2c(c1)C(C)(C)CCC2(C)C. The number of amides is 2. The lowest BCUT2D eigenvalue weighted by Crippen LogP contribution is -2.33. The standard InChI is InChI=1S/C25H28N2O3/c1-24(2)10-11-25(3,4)20-13-17(7-8-19(20)24)18-12-16(6-9-21(18)30-5)14-27-15-22(28)26-23(27)29/h6-9,12-15H,10-11H2,1-5H3,(H-,26,28,29)/p+1. The number of carbonyl (C=O) groups excluding carboxylic acids is 1. The molecule has 30 heavy (non-hydrogen) atoms. The van der Waals surface area contributed by atoms with E-state index in [0.717, 1.165) is 28.9 Å². The van der Waals surface area contributed by atoms with Gasteiger partial charge >= 0.3 is 11.9 Å². The van der Waals surface area contributed by atoms with E-state index in [1.165, 1.54) is 28.3 Å². The average molecular weight is 406 g/mol. The molecule has 2 aliphatic rings. The monoisotopic (exact) mass is 405 g/mol. The molecule has 1 heterocycles. The third-order valence-electron chi connectivity index (χ3n) is 6.41. The van der Waals surface area contributed by atoms with Gasteiger partial charge in [0.05, 0.1) is 7.11 Å². The molecule has 0 saturated carbocycles. The van der Waals surface area contributed by atoms with E-state index in [1.54, 1.807) is 13.3 Å². The number of rotatable bonds is 3. The molecule has 5 heteroatoms. The number of urea groups is 1. The highest BCUT2D eigenvalue weighted by Crippen LogP contribution is 2.47. The number of aliphatic hydroxyl groups excluding tert-OH is 1. The van der Waals surface area contributed by atoms with Crippen molar-refractivity contribution in [2.45, 2.75) is 51.4 Å². The Labute approximate surface area is 177 Å². The fourth-order valence-corrected chi connectivity index (χ4v) is 4.44. The van der Waals surface area contributed by atoms with Crippen LogP contribution in [0.3, 0.4) is 0 Å². The van der Waals surface area contributed by atoms with Crippen molar-refractivity contribution in [2.24, 2.45) is 0 Å². The second-order valence-corrected chi connectivity index (χ2v) is 9.47. The number of benzene rings is 2. The normalized spacial score (nSPS) is 20.5. The van der Waals surface area contributed by atoms with Crippen molar-refractivity contribution in [1.82, 2.24) is 5.32 Å². The quantitative estimate of drug-likeness (QED) is 0.688. The van der Waals surface area contributed by atoms with E-state index in [2.05, 4.69) is 51.2 Å². The summed E-state index contributed by atoms with van der Waals surface area (Å²) in [6.45, 7) is 9.27. The Morgan fingerprint density at radius 1 is 1.03 bits per heavy atom. The van der Waals surface area contributed by atoms with Crippen LogP contribution >= 0.6 is 0 Å². The van der Waals surface area contributed by atoms with Crippen molar-refractivity contribution >= 4 is 12.2 Å². The molecule has 1 aliphatic heterocycles. The summed E-state index contributed by atoms with van der Waals surface area (Å²) in [6.07, 6.45) is 5.38. The molecular formula is C25H29N2O3+. The summed E-state index contributed by atoms with van der Waals surface area (Å²) in [5.74, 6) is 0.619. The van der Waals surface area contributed by atoms with E-state index in [4.69, 9.17) is 4.74 Å². The van der Waals surface area contributed by atoms with Crippen LogP contribution in [0, 0.1) is 0 Å². The molecule has 0 fully saturated rings. The van der Waals surface area contributed by atoms with Gasteiger partial charge in [-0.2, -0.15) is 14.7 Å². The van der Waals surface area contributed by atoms with Crippen molar-refractivity contribution in [3.8, 4) is 16.9 Å². The van der Waals surface area contributed by atoms with Crippen molar-refractivity contribution in [2.75, 3.05) is 7.11 Å². The highest BCUT2D eigenvalue weighted by Gasteiger charge is 2.37. The van der Waals surface area contributed by atoms with Gasteiger partial charge in [-0.25, -0.2) is 0 Å². The summed E-state index contributed by atoms with van der Waals surface area (Å²) < 4.78 is 6.97. The summed E-state index contributed by atoms with van der Waals surface area (Å²) in [5.41, 5.74) is 5.99. The number of nitrogens with one attached hydrogen (secondary N) is 1. The molecule has 0 aromatic heterocycles. The molecule has 2 aromatic carbocycles. The minimum absolute atomic E-state index is 0.119. The first kappa shape index (κ1) is 20.2. The number of hydrogen-bond donors (Lipinski definition) is 2. The van der Waals surface area contributed by atoms with Gasteiger partial charge in [-0.15, -0.1) is 0 Å². The largest absolute Gasteiger partial charge is 0.503 e. The second kappa shape index (κ2) is 7.01. The lowest BCUT2D eigenvalue weighted by molar-refractivity contribution is -0.336. The van der Waals surface area contributed by atoms with Gasteiger partial charge in [0.1, 0.15) is 12.0 Å². The van der Waals surface area contributed by atoms with Crippen molar-refractivity contribution < 1.29 is 19.2 Å². The van der Waals surface area contributed by atoms with Gasteiger partial charge in [0.25, 0.3) is 0 Å². The highest BCUT2D eigenvalue weighted by molar-refractivity contribution is 5.86. The van der Waals surface area contributed by atoms with Crippen molar-refractivity contribution in [1.29, 1.82) is 0 Å². The summed E-state index contributed by atoms with van der Waals surface area (Å²) in [6, 6.07) is 12.2. The third-order valence-corrected chi connectivity index (χ3v) is 6.41. The predicted octanol–water partition coefficient (Wildman–Crippen LogP) is 5.22. The topological polar surface area (TPSA) is 61.6 Å². The van der Waals surface area contributed by atoms with Crippen LogP contribution in [0.15, 0.2) is 48.5 Å². The zero-order chi connectivity index (χ0) is 21.7. The Morgan fingerprint density at radius 3 is 2.37 bits per heavy atom. The number of nitrogens with zero attached hydrogens (tertiary/aromatic N) is 1. The Bertz CT molecular complexity index is 1090. The zero-order valence-electron chi connectivity index (χ0n) is 18.2. The summed E-state index contributed by atoms with van der Waals surface area (Å²) in [7, 11) is 1.67. The van der Waals surface area contributed by atoms with Gasteiger partial charge in [-0.05, 0) is 58.6 Å². The smallest absolute Gasteiger partial charge is 0.496 e. The van der Waals surface area contributed by atoms with Gasteiger partial charge in [-0.3, -0.25) is 0 Å². The number of hydrogen-bond acceptors (Lipinski definition) is 3. The molecule has 2 amide bonds. The molecule has 2 aromatic rings. The summed E-state index contributed by atoms with van der Waals surface area (Å²) in [4.78, 5) is 11.9. The van der Waals surface area contributed by atoms with Crippen LogP contribution < -0.4 is 10.1 Å². The Morgan fingerprint density at radius 2 is 1.73 bits per heavy atom. The van der Waals surface area contributed by atoms with Crippen molar-refractivity contribution in [3.63, 3.8) is 0 Å². The first-order valence-corrected chi connectivity index (χ1v) is 10.3. The maximum Gasteiger partial charge on any atom is 0.503 e. The summed E-state index contributed by atoms with van der Waals surface area (Å²) in [5, 5.41) is 11.9. The molecule has 0 radical (unpaired) electrons. The number of ether oxygens (including phenoxy) is 1. The van der Waals surface area contributed by atoms with Crippen LogP contribution in [-0.2, 0) is 10.8 Å². The minimum Gasteiger partial charge on any atom is -0.496 e. The molecule has 0 saturated heterocycles. The second-order valence-electron chi connectivity index (χ2n) is 9.47. The third kappa shape index (κ3) is 3.49. The van der Waals surface area contributed by atoms with Crippen LogP contribution in [0.25, 0.3) is 11.1 Å². The predicted molar refractivity (Wildman–Crippen MR) is 118 cm³/mol. The molecule has 1 aliphatic carbocycles. The van der Waals surface area contributed by atoms with E-state index in [0.29, 0.717) is 0 Å². The Kier molecular flexibility index (Phi) is 4.72. The lowest BCUT2D eigenvalue weighted by Gasteiger charge is -2.42. The van der Waals surface area contributed by atoms with Crippen LogP contribution in [0.5, 0.6) is 5.75 Å². The number of carbonyl (C=O) groups is 1. The number of aliphatic hydroxyl groups is 1. The van der Waals surface area contributed by atoms with Gasteiger partial charge in [0.15, 0.2) is 6.20 Å². The molecule has 0 bridgehead atoms. The van der Waals surface area contributed by atoms with Crippen LogP contribution in [0.1, 0.15) is 57.2 Å². The molecule has 0 atom stereocenters. The molecule has 156 valence electrons. The van der Waals surface area contributed by atoms with Crippen LogP contribution in [-0.4, -0.2) is 29.0 Å². The van der Waals surface area contributed by atoms with Crippen LogP contribution in [0.4, 0.5) is 4.79 Å². The molecule has 5 nitrogen and oxygen atoms in total. The van der Waals surface area contributed by atoms with E-state index in [-0.39, 0.29) is 22.7 Å². The first-order chi connectivity index (χ1) is 14.1. The highest BCUT2D eigenvalue weighted by atomic mass is 16.5. The lowest BCUT2D eigenvalue weighted by atomic mass is 9.63. The van der Waals surface area contributed by atoms with Gasteiger partial charge in [-0.1, -0.05) is 45.9 Å². The first-order valence-electron chi connectivity index (χ1n) is 10.3. The Hall–Kier alpha value is -3.08. The maximum absolute atomic E-state index is 11.9. The van der Waals surface area contributed by atoms with Gasteiger partial charge in [0, 0.05) is 11.1 Å². The summed E-state index contributed by atoms with van der Waals surface area (Å²) >= 11 is 0. The average Bonchev–Trinajstić information content (AvgIpc) is 3.02. The maximum atomic E-state index is 11.9. The van der Waals surface area contributed by atoms with E-state index in [1.807, 2.05) is 18.2 Å². The van der Waals surface area contributed by atoms with Crippen LogP contribution in [0.2, 0.25) is 0 Å². The molecule has 4 rings (SSSR count). The zero-order valence-corrected chi connectivity index (χ0v) is 18.2. The minimum atomic E-state index is -0.386. The van der Waals surface area contributed by atoms with Gasteiger partial charge < -0.3 is 9.84 Å². The number of fused-ring (bicyclic) bond motifs is 1. The van der Waals surface area contributed by atoms with E-state index in [9.17, 15) is 9.90 Å². The number of methoxy groups -OCH3 is 1. The fourth-order valence-electron chi connectivity index (χ4n) is 4.44. The van der Waals surface area contributed by atoms with E-state index < -0.39 is 0 Å². The molecule has 0 unspecified atom stereocenters. The fraction of sp³-hybridized carbons (Fsp3) is 0.360.